The number of rotatable bonds is 9. The zero-order valence-corrected chi connectivity index (χ0v) is 30.4. The molecule has 2 aromatic rings. The highest BCUT2D eigenvalue weighted by molar-refractivity contribution is 6.36. The van der Waals surface area contributed by atoms with E-state index in [1.807, 2.05) is 0 Å². The van der Waals surface area contributed by atoms with Crippen molar-refractivity contribution in [2.45, 2.75) is 62.6 Å². The monoisotopic (exact) mass is 740 g/mol. The number of halogens is 2. The van der Waals surface area contributed by atoms with Crippen molar-refractivity contribution in [3.8, 4) is 0 Å². The molecule has 3 atom stereocenters. The maximum Gasteiger partial charge on any atom is 0.513 e. The van der Waals surface area contributed by atoms with Crippen molar-refractivity contribution in [1.82, 2.24) is 20.0 Å². The van der Waals surface area contributed by atoms with Crippen LogP contribution in [0, 0.1) is 0 Å². The summed E-state index contributed by atoms with van der Waals surface area (Å²) < 4.78 is 21.1. The average molecular weight is 742 g/mol. The third-order valence-corrected chi connectivity index (χ3v) is 11.1. The van der Waals surface area contributed by atoms with Crippen LogP contribution >= 0.6 is 23.2 Å². The number of hydrogen-bond acceptors (Lipinski definition) is 11. The number of carbonyl (C=O) groups excluding carboxylic acids is 4. The predicted molar refractivity (Wildman–Crippen MR) is 189 cm³/mol. The van der Waals surface area contributed by atoms with E-state index in [1.54, 1.807) is 53.4 Å². The summed E-state index contributed by atoms with van der Waals surface area (Å²) in [5.74, 6) is -2.06. The first kappa shape index (κ1) is 36.7. The van der Waals surface area contributed by atoms with E-state index in [0.717, 1.165) is 40.2 Å². The first-order valence-electron chi connectivity index (χ1n) is 17.1. The summed E-state index contributed by atoms with van der Waals surface area (Å²) in [5.41, 5.74) is 0.923. The molecule has 0 saturated carbocycles. The van der Waals surface area contributed by atoms with Gasteiger partial charge in [0.15, 0.2) is 5.78 Å². The minimum absolute atomic E-state index is 0.125. The van der Waals surface area contributed by atoms with Crippen LogP contribution in [0.1, 0.15) is 60.4 Å². The molecule has 1 N–H and O–H groups in total. The molecule has 0 aliphatic carbocycles. The Morgan fingerprint density at radius 3 is 1.84 bits per heavy atom. The number of allylic oxidation sites excluding steroid dienone is 1. The molecule has 4 aliphatic heterocycles. The molecule has 12 nitrogen and oxygen atoms in total. The first-order valence-corrected chi connectivity index (χ1v) is 17.8. The Morgan fingerprint density at radius 1 is 0.745 bits per heavy atom. The van der Waals surface area contributed by atoms with Crippen LogP contribution in [0.2, 0.25) is 10.0 Å². The van der Waals surface area contributed by atoms with Crippen molar-refractivity contribution in [1.29, 1.82) is 0 Å². The molecule has 0 radical (unpaired) electrons. The Morgan fingerprint density at radius 2 is 1.29 bits per heavy atom. The van der Waals surface area contributed by atoms with Crippen molar-refractivity contribution in [2.24, 2.45) is 0 Å². The van der Waals surface area contributed by atoms with Crippen molar-refractivity contribution >= 4 is 47.2 Å². The molecule has 272 valence electrons. The first-order chi connectivity index (χ1) is 24.6. The lowest BCUT2D eigenvalue weighted by Crippen LogP contribution is -2.56. The largest absolute Gasteiger partial charge is 0.513 e. The Hall–Kier alpha value is -4.10. The number of ketones is 1. The Kier molecular flexibility index (Phi) is 11.6. The van der Waals surface area contributed by atoms with Crippen LogP contribution in [0.25, 0.3) is 0 Å². The molecule has 2 bridgehead atoms. The third kappa shape index (κ3) is 8.04. The number of hydrogen-bond donors (Lipinski definition) is 1. The highest BCUT2D eigenvalue weighted by atomic mass is 35.5. The van der Waals surface area contributed by atoms with E-state index in [-0.39, 0.29) is 63.1 Å². The summed E-state index contributed by atoms with van der Waals surface area (Å²) in [4.78, 5) is 59.9. The number of nitrogens with zero attached hydrogens (tertiary/aromatic N) is 3. The smallest absolute Gasteiger partial charge is 0.437 e. The SMILES string of the molecule is COC(=O)OC1=C(CC(=O)c2ccccc2)NC(CC(=O)N2CCN(C3CC4CCC(C3)N4C)CC2)=C(OC(=O)OC)C1c1c(Cl)cccc1Cl. The molecule has 14 heteroatoms. The number of fused-ring (bicyclic) bond motifs is 2. The van der Waals surface area contributed by atoms with Gasteiger partial charge in [0.1, 0.15) is 17.4 Å². The molecule has 0 spiro atoms. The quantitative estimate of drug-likeness (QED) is 0.237. The second-order valence-electron chi connectivity index (χ2n) is 13.2. The van der Waals surface area contributed by atoms with Gasteiger partial charge in [-0.05, 0) is 44.9 Å². The molecule has 1 amide bonds. The van der Waals surface area contributed by atoms with Gasteiger partial charge in [0, 0.05) is 65.5 Å². The molecule has 4 heterocycles. The van der Waals surface area contributed by atoms with Crippen LogP contribution < -0.4 is 5.32 Å². The fraction of sp³-hybridized carbons (Fsp3) is 0.459. The van der Waals surface area contributed by atoms with Gasteiger partial charge in [-0.3, -0.25) is 14.5 Å². The number of benzene rings is 2. The number of dihydropyridines is 1. The molecule has 0 aromatic heterocycles. The molecule has 51 heavy (non-hydrogen) atoms. The van der Waals surface area contributed by atoms with Crippen molar-refractivity contribution in [3.63, 3.8) is 0 Å². The maximum absolute atomic E-state index is 14.1. The van der Waals surface area contributed by atoms with Crippen molar-refractivity contribution < 1.29 is 38.1 Å². The number of piperidine rings is 1. The molecular weight excluding hydrogens is 699 g/mol. The third-order valence-electron chi connectivity index (χ3n) is 10.4. The fourth-order valence-corrected chi connectivity index (χ4v) is 8.37. The summed E-state index contributed by atoms with van der Waals surface area (Å²) in [5, 5.41) is 3.44. The lowest BCUT2D eigenvalue weighted by Gasteiger charge is -2.45. The van der Waals surface area contributed by atoms with Crippen molar-refractivity contribution in [3.05, 3.63) is 92.6 Å². The standard InChI is InChI=1S/C37H42Cl2N4O8/c1-41-23-12-13-24(41)19-25(18-23)42-14-16-43(17-15-42)31(45)21-29-35(51-37(47)49-3)33(32-26(38)10-7-11-27(32)39)34(50-36(46)48-2)28(40-29)20-30(44)22-8-5-4-6-9-22/h4-11,23-25,33,40H,12-21H2,1-3H3. The van der Waals surface area contributed by atoms with Crippen LogP contribution in [-0.4, -0.2) is 104 Å². The number of ether oxygens (including phenoxy) is 4. The van der Waals surface area contributed by atoms with Gasteiger partial charge in [0.05, 0.1) is 38.5 Å². The van der Waals surface area contributed by atoms with Crippen LogP contribution in [0.3, 0.4) is 0 Å². The normalized spacial score (nSPS) is 23.8. The van der Waals surface area contributed by atoms with E-state index in [1.165, 1.54) is 12.8 Å². The number of amides is 1. The Bertz CT molecular complexity index is 1690. The van der Waals surface area contributed by atoms with Crippen LogP contribution in [-0.2, 0) is 23.7 Å². The lowest BCUT2D eigenvalue weighted by atomic mass is 9.87. The zero-order chi connectivity index (χ0) is 36.2. The predicted octanol–water partition coefficient (Wildman–Crippen LogP) is 6.10. The van der Waals surface area contributed by atoms with E-state index in [2.05, 4.69) is 22.2 Å². The van der Waals surface area contributed by atoms with Crippen LogP contribution in [0.4, 0.5) is 9.59 Å². The van der Waals surface area contributed by atoms with Gasteiger partial charge in [0.25, 0.3) is 0 Å². The summed E-state index contributed by atoms with van der Waals surface area (Å²) in [6.45, 7) is 2.58. The number of methoxy groups -OCH3 is 2. The van der Waals surface area contributed by atoms with E-state index in [9.17, 15) is 19.2 Å². The lowest BCUT2D eigenvalue weighted by molar-refractivity contribution is -0.133. The van der Waals surface area contributed by atoms with Gasteiger partial charge in [-0.25, -0.2) is 9.59 Å². The molecule has 4 aliphatic rings. The van der Waals surface area contributed by atoms with E-state index in [0.29, 0.717) is 36.8 Å². The average Bonchev–Trinajstić information content (AvgIpc) is 3.32. The van der Waals surface area contributed by atoms with Gasteiger partial charge in [-0.2, -0.15) is 0 Å². The van der Waals surface area contributed by atoms with Crippen molar-refractivity contribution in [2.75, 3.05) is 47.4 Å². The number of carbonyl (C=O) groups is 4. The number of piperazine rings is 1. The molecule has 6 rings (SSSR count). The van der Waals surface area contributed by atoms with Gasteiger partial charge < -0.3 is 34.1 Å². The highest BCUT2D eigenvalue weighted by Gasteiger charge is 2.43. The second kappa shape index (κ2) is 16.1. The molecule has 3 saturated heterocycles. The van der Waals surface area contributed by atoms with E-state index in [4.69, 9.17) is 42.1 Å². The van der Waals surface area contributed by atoms with Gasteiger partial charge in [0.2, 0.25) is 5.91 Å². The van der Waals surface area contributed by atoms with Gasteiger partial charge in [-0.15, -0.1) is 0 Å². The summed E-state index contributed by atoms with van der Waals surface area (Å²) >= 11 is 13.4. The van der Waals surface area contributed by atoms with Crippen LogP contribution in [0.5, 0.6) is 0 Å². The topological polar surface area (TPSA) is 127 Å². The maximum atomic E-state index is 14.1. The molecule has 3 fully saturated rings. The van der Waals surface area contributed by atoms with E-state index >= 15 is 0 Å². The van der Waals surface area contributed by atoms with Crippen LogP contribution in [0.15, 0.2) is 71.4 Å². The second-order valence-corrected chi connectivity index (χ2v) is 14.0. The summed E-state index contributed by atoms with van der Waals surface area (Å²) in [7, 11) is 4.50. The number of Topliss-reactive ketones (excluding diaryl/α,β-unsaturated/α-hetero) is 1. The summed E-state index contributed by atoms with van der Waals surface area (Å²) in [6.07, 6.45) is 2.06. The van der Waals surface area contributed by atoms with Gasteiger partial charge >= 0.3 is 12.3 Å². The minimum Gasteiger partial charge on any atom is -0.437 e. The zero-order valence-electron chi connectivity index (χ0n) is 28.9. The number of nitrogens with one attached hydrogen (secondary N) is 1. The van der Waals surface area contributed by atoms with E-state index < -0.39 is 18.2 Å². The Labute approximate surface area is 307 Å². The molecular formula is C37H42Cl2N4O8. The van der Waals surface area contributed by atoms with Gasteiger partial charge in [-0.1, -0.05) is 59.6 Å². The molecule has 2 aromatic carbocycles. The summed E-state index contributed by atoms with van der Waals surface area (Å²) in [6, 6.07) is 15.1. The molecule has 3 unspecified atom stereocenters. The fourth-order valence-electron chi connectivity index (χ4n) is 7.76. The minimum atomic E-state index is -1.26. The highest BCUT2D eigenvalue weighted by Crippen LogP contribution is 2.46. The Balaban J connectivity index is 1.33.